The van der Waals surface area contributed by atoms with Crippen LogP contribution in [0.3, 0.4) is 0 Å². The van der Waals surface area contributed by atoms with E-state index in [1.54, 1.807) is 6.07 Å². The molecule has 0 bridgehead atoms. The second-order valence-electron chi connectivity index (χ2n) is 4.95. The zero-order chi connectivity index (χ0) is 15.5. The van der Waals surface area contributed by atoms with Gasteiger partial charge in [-0.3, -0.25) is 10.2 Å². The highest BCUT2D eigenvalue weighted by molar-refractivity contribution is 7.20. The van der Waals surface area contributed by atoms with Crippen molar-refractivity contribution in [2.75, 3.05) is 0 Å². The van der Waals surface area contributed by atoms with Crippen LogP contribution < -0.4 is 11.1 Å². The molecule has 0 saturated heterocycles. The van der Waals surface area contributed by atoms with Gasteiger partial charge in [-0.25, -0.2) is 0 Å². The van der Waals surface area contributed by atoms with Gasteiger partial charge in [-0.15, -0.1) is 11.3 Å². The monoisotopic (exact) mass is 309 g/mol. The van der Waals surface area contributed by atoms with Gasteiger partial charge in [-0.2, -0.15) is 0 Å². The van der Waals surface area contributed by atoms with E-state index in [0.29, 0.717) is 12.1 Å². The van der Waals surface area contributed by atoms with Gasteiger partial charge in [0.05, 0.1) is 4.88 Å². The molecular weight excluding hydrogens is 294 g/mol. The number of amidine groups is 1. The van der Waals surface area contributed by atoms with Crippen LogP contribution in [-0.4, -0.2) is 11.7 Å². The van der Waals surface area contributed by atoms with Crippen molar-refractivity contribution in [1.82, 2.24) is 5.32 Å². The molecule has 5 heteroatoms. The van der Waals surface area contributed by atoms with Crippen molar-refractivity contribution in [3.05, 3.63) is 70.6 Å². The molecule has 110 valence electrons. The summed E-state index contributed by atoms with van der Waals surface area (Å²) in [7, 11) is 0. The van der Waals surface area contributed by atoms with Crippen molar-refractivity contribution in [2.24, 2.45) is 5.73 Å². The molecule has 0 saturated carbocycles. The minimum Gasteiger partial charge on any atom is -0.383 e. The average molecular weight is 309 g/mol. The molecule has 0 unspecified atom stereocenters. The van der Waals surface area contributed by atoms with Crippen LogP contribution >= 0.6 is 11.3 Å². The van der Waals surface area contributed by atoms with E-state index in [-0.39, 0.29) is 11.7 Å². The smallest absolute Gasteiger partial charge is 0.251 e. The summed E-state index contributed by atoms with van der Waals surface area (Å²) in [4.78, 5) is 12.9. The van der Waals surface area contributed by atoms with Crippen LogP contribution in [0.15, 0.2) is 54.6 Å². The van der Waals surface area contributed by atoms with Gasteiger partial charge < -0.3 is 11.1 Å². The number of hydrogen-bond donors (Lipinski definition) is 3. The van der Waals surface area contributed by atoms with Crippen LogP contribution in [0, 0.1) is 5.41 Å². The van der Waals surface area contributed by atoms with Crippen LogP contribution in [0.5, 0.6) is 0 Å². The molecule has 0 aliphatic carbocycles. The summed E-state index contributed by atoms with van der Waals surface area (Å²) in [6.07, 6.45) is 0. The van der Waals surface area contributed by atoms with Gasteiger partial charge in [0.15, 0.2) is 0 Å². The van der Waals surface area contributed by atoms with Crippen molar-refractivity contribution < 1.29 is 4.79 Å². The molecule has 4 N–H and O–H groups in total. The molecule has 0 spiro atoms. The van der Waals surface area contributed by atoms with Crippen molar-refractivity contribution in [2.45, 2.75) is 6.54 Å². The molecule has 4 nitrogen and oxygen atoms in total. The van der Waals surface area contributed by atoms with E-state index in [1.807, 2.05) is 48.5 Å². The summed E-state index contributed by atoms with van der Waals surface area (Å²) in [5.41, 5.74) is 7.17. The van der Waals surface area contributed by atoms with Crippen LogP contribution in [0.1, 0.15) is 20.8 Å². The number of rotatable bonds is 4. The Kier molecular flexibility index (Phi) is 3.89. The Hall–Kier alpha value is -2.66. The lowest BCUT2D eigenvalue weighted by Gasteiger charge is -2.05. The highest BCUT2D eigenvalue weighted by atomic mass is 32.1. The SMILES string of the molecule is N=C(N)c1cc2cc(C(=O)NCc3ccccc3)ccc2s1. The lowest BCUT2D eigenvalue weighted by atomic mass is 10.1. The fourth-order valence-electron chi connectivity index (χ4n) is 2.20. The molecule has 0 aliphatic heterocycles. The maximum absolute atomic E-state index is 12.2. The van der Waals surface area contributed by atoms with Crippen molar-refractivity contribution in [3.8, 4) is 0 Å². The Morgan fingerprint density at radius 3 is 2.64 bits per heavy atom. The highest BCUT2D eigenvalue weighted by Crippen LogP contribution is 2.26. The number of amides is 1. The second kappa shape index (κ2) is 5.99. The van der Waals surface area contributed by atoms with Crippen molar-refractivity contribution in [1.29, 1.82) is 5.41 Å². The zero-order valence-electron chi connectivity index (χ0n) is 11.8. The lowest BCUT2D eigenvalue weighted by Crippen LogP contribution is -2.22. The van der Waals surface area contributed by atoms with Crippen LogP contribution in [0.25, 0.3) is 10.1 Å². The molecule has 3 aromatic rings. The van der Waals surface area contributed by atoms with Crippen molar-refractivity contribution in [3.63, 3.8) is 0 Å². The second-order valence-corrected chi connectivity index (χ2v) is 6.03. The Balaban J connectivity index is 1.77. The molecule has 1 aromatic heterocycles. The number of nitrogens with two attached hydrogens (primary N) is 1. The molecule has 0 atom stereocenters. The predicted octanol–water partition coefficient (Wildman–Crippen LogP) is 3.12. The van der Waals surface area contributed by atoms with E-state index in [4.69, 9.17) is 11.1 Å². The number of nitrogen functional groups attached to an aromatic ring is 1. The average Bonchev–Trinajstić information content (AvgIpc) is 2.97. The number of carbonyl (C=O) groups excluding carboxylic acids is 1. The summed E-state index contributed by atoms with van der Waals surface area (Å²) in [6, 6.07) is 17.2. The first kappa shape index (κ1) is 14.3. The first-order valence-corrected chi connectivity index (χ1v) is 7.65. The molecule has 0 aliphatic rings. The Labute approximate surface area is 132 Å². The molecule has 2 aromatic carbocycles. The molecule has 1 heterocycles. The summed E-state index contributed by atoms with van der Waals surface area (Å²) in [5, 5.41) is 11.3. The largest absolute Gasteiger partial charge is 0.383 e. The van der Waals surface area contributed by atoms with E-state index in [1.165, 1.54) is 11.3 Å². The minimum atomic E-state index is -0.110. The highest BCUT2D eigenvalue weighted by Gasteiger charge is 2.09. The maximum Gasteiger partial charge on any atom is 0.251 e. The Morgan fingerprint density at radius 2 is 1.91 bits per heavy atom. The number of hydrogen-bond acceptors (Lipinski definition) is 3. The third kappa shape index (κ3) is 2.99. The summed E-state index contributed by atoms with van der Waals surface area (Å²) in [6.45, 7) is 0.500. The van der Waals surface area contributed by atoms with Gasteiger partial charge in [0.25, 0.3) is 5.91 Å². The van der Waals surface area contributed by atoms with Gasteiger partial charge in [0.2, 0.25) is 0 Å². The molecule has 1 amide bonds. The molecule has 0 radical (unpaired) electrons. The topological polar surface area (TPSA) is 79.0 Å². The van der Waals surface area contributed by atoms with E-state index in [2.05, 4.69) is 5.32 Å². The van der Waals surface area contributed by atoms with Gasteiger partial charge in [0.1, 0.15) is 5.84 Å². The molecule has 3 rings (SSSR count). The van der Waals surface area contributed by atoms with Crippen LogP contribution in [-0.2, 0) is 6.54 Å². The van der Waals surface area contributed by atoms with E-state index in [9.17, 15) is 4.79 Å². The summed E-state index contributed by atoms with van der Waals surface area (Å²) in [5.74, 6) is -0.0578. The Morgan fingerprint density at radius 1 is 1.14 bits per heavy atom. The molecule has 0 fully saturated rings. The lowest BCUT2D eigenvalue weighted by molar-refractivity contribution is 0.0951. The Bertz CT molecular complexity index is 839. The summed E-state index contributed by atoms with van der Waals surface area (Å²) < 4.78 is 1.02. The number of benzene rings is 2. The maximum atomic E-state index is 12.2. The number of thiophene rings is 1. The normalized spacial score (nSPS) is 10.5. The van der Waals surface area contributed by atoms with Gasteiger partial charge in [0, 0.05) is 16.8 Å². The van der Waals surface area contributed by atoms with E-state index >= 15 is 0 Å². The number of carbonyl (C=O) groups is 1. The fraction of sp³-hybridized carbons (Fsp3) is 0.0588. The number of nitrogens with one attached hydrogen (secondary N) is 2. The minimum absolute atomic E-state index is 0.0521. The quantitative estimate of drug-likeness (QED) is 0.511. The third-order valence-corrected chi connectivity index (χ3v) is 4.49. The first-order chi connectivity index (χ1) is 10.6. The third-order valence-electron chi connectivity index (χ3n) is 3.34. The number of fused-ring (bicyclic) bond motifs is 1. The summed E-state index contributed by atoms with van der Waals surface area (Å²) >= 11 is 1.45. The van der Waals surface area contributed by atoms with Gasteiger partial charge in [-0.05, 0) is 35.2 Å². The van der Waals surface area contributed by atoms with E-state index < -0.39 is 0 Å². The van der Waals surface area contributed by atoms with E-state index in [0.717, 1.165) is 20.5 Å². The van der Waals surface area contributed by atoms with Gasteiger partial charge >= 0.3 is 0 Å². The molecular formula is C17H15N3OS. The van der Waals surface area contributed by atoms with Gasteiger partial charge in [-0.1, -0.05) is 30.3 Å². The first-order valence-electron chi connectivity index (χ1n) is 6.83. The van der Waals surface area contributed by atoms with Crippen molar-refractivity contribution >= 4 is 33.2 Å². The molecule has 22 heavy (non-hydrogen) atoms. The standard InChI is InChI=1S/C17H15N3OS/c18-16(19)15-9-13-8-12(6-7-14(13)22-15)17(21)20-10-11-4-2-1-3-5-11/h1-9H,10H2,(H3,18,19)(H,20,21). The fourth-order valence-corrected chi connectivity index (χ4v) is 3.10. The van der Waals surface area contributed by atoms with Crippen LogP contribution in [0.4, 0.5) is 0 Å². The zero-order valence-corrected chi connectivity index (χ0v) is 12.6. The van der Waals surface area contributed by atoms with Crippen LogP contribution in [0.2, 0.25) is 0 Å². The predicted molar refractivity (Wildman–Crippen MR) is 90.5 cm³/mol.